The zero-order valence-electron chi connectivity index (χ0n) is 9.59. The summed E-state index contributed by atoms with van der Waals surface area (Å²) in [6.45, 7) is 0. The van der Waals surface area contributed by atoms with Crippen LogP contribution in [0.1, 0.15) is 19.3 Å². The van der Waals surface area contributed by atoms with Gasteiger partial charge in [-0.25, -0.2) is 4.98 Å². The fraction of sp³-hybridized carbons (Fsp3) is 0.417. The van der Waals surface area contributed by atoms with Gasteiger partial charge in [-0.3, -0.25) is 14.5 Å². The minimum Gasteiger partial charge on any atom is -0.305 e. The van der Waals surface area contributed by atoms with E-state index < -0.39 is 0 Å². The first-order valence-corrected chi connectivity index (χ1v) is 5.72. The summed E-state index contributed by atoms with van der Waals surface area (Å²) in [6.07, 6.45) is 3.31. The van der Waals surface area contributed by atoms with Gasteiger partial charge in [0.15, 0.2) is 5.82 Å². The van der Waals surface area contributed by atoms with Crippen LogP contribution >= 0.6 is 0 Å². The first-order chi connectivity index (χ1) is 8.18. The van der Waals surface area contributed by atoms with E-state index in [1.807, 2.05) is 6.07 Å². The molecule has 0 radical (unpaired) electrons. The fourth-order valence-corrected chi connectivity index (χ4v) is 2.56. The average Bonchev–Trinajstić information content (AvgIpc) is 2.64. The number of carbonyl (C=O) groups is 2. The number of pyridine rings is 1. The van der Waals surface area contributed by atoms with Crippen molar-refractivity contribution in [3.63, 3.8) is 0 Å². The van der Waals surface area contributed by atoms with Gasteiger partial charge >= 0.3 is 0 Å². The molecule has 1 fully saturated rings. The second-order valence-corrected chi connectivity index (χ2v) is 4.46. The van der Waals surface area contributed by atoms with E-state index in [1.54, 1.807) is 29.1 Å². The maximum atomic E-state index is 12.0. The van der Waals surface area contributed by atoms with Gasteiger partial charge in [-0.05, 0) is 18.6 Å². The smallest absolute Gasteiger partial charge is 0.230 e. The van der Waals surface area contributed by atoms with Gasteiger partial charge in [0.05, 0.1) is 5.69 Å². The van der Waals surface area contributed by atoms with E-state index in [0.717, 1.165) is 12.1 Å². The Hall–Kier alpha value is -1.91. The number of fused-ring (bicyclic) bond motifs is 3. The molecule has 1 saturated heterocycles. The highest BCUT2D eigenvalue weighted by molar-refractivity contribution is 6.05. The van der Waals surface area contributed by atoms with Gasteiger partial charge in [0, 0.05) is 32.1 Å². The van der Waals surface area contributed by atoms with Crippen LogP contribution in [-0.4, -0.2) is 29.9 Å². The topological polar surface area (TPSA) is 53.5 Å². The lowest BCUT2D eigenvalue weighted by Gasteiger charge is -2.22. The normalized spacial score (nSPS) is 23.5. The van der Waals surface area contributed by atoms with Crippen molar-refractivity contribution in [1.82, 2.24) is 4.98 Å². The van der Waals surface area contributed by atoms with Crippen LogP contribution in [0.2, 0.25) is 0 Å². The summed E-state index contributed by atoms with van der Waals surface area (Å²) in [5, 5.41) is 0. The van der Waals surface area contributed by atoms with Crippen LogP contribution < -0.4 is 9.80 Å². The summed E-state index contributed by atoms with van der Waals surface area (Å²) in [4.78, 5) is 31.4. The highest BCUT2D eigenvalue weighted by Gasteiger charge is 2.39. The van der Waals surface area contributed by atoms with Crippen LogP contribution in [0.25, 0.3) is 0 Å². The molecule has 1 unspecified atom stereocenters. The van der Waals surface area contributed by atoms with Crippen LogP contribution in [-0.2, 0) is 9.59 Å². The van der Waals surface area contributed by atoms with Crippen molar-refractivity contribution >= 4 is 23.3 Å². The van der Waals surface area contributed by atoms with Crippen molar-refractivity contribution in [2.24, 2.45) is 0 Å². The van der Waals surface area contributed by atoms with Crippen LogP contribution in [0.5, 0.6) is 0 Å². The summed E-state index contributed by atoms with van der Waals surface area (Å²) in [5.41, 5.74) is 0.758. The van der Waals surface area contributed by atoms with Crippen molar-refractivity contribution in [2.45, 2.75) is 25.3 Å². The van der Waals surface area contributed by atoms with E-state index in [9.17, 15) is 9.59 Å². The molecule has 2 aliphatic heterocycles. The molecule has 0 bridgehead atoms. The van der Waals surface area contributed by atoms with E-state index in [0.29, 0.717) is 18.7 Å². The number of nitrogens with zero attached hydrogens (tertiary/aromatic N) is 3. The largest absolute Gasteiger partial charge is 0.305 e. The van der Waals surface area contributed by atoms with E-state index in [4.69, 9.17) is 0 Å². The molecule has 1 aromatic rings. The molecule has 1 atom stereocenters. The molecule has 3 rings (SSSR count). The monoisotopic (exact) mass is 231 g/mol. The SMILES string of the molecule is CN1C(=O)CC2CCC(=O)N2c2cccnc21. The van der Waals surface area contributed by atoms with E-state index in [2.05, 4.69) is 4.98 Å². The summed E-state index contributed by atoms with van der Waals surface area (Å²) in [7, 11) is 1.71. The predicted octanol–water partition coefficient (Wildman–Crippen LogP) is 0.943. The maximum Gasteiger partial charge on any atom is 0.230 e. The highest BCUT2D eigenvalue weighted by atomic mass is 16.2. The summed E-state index contributed by atoms with van der Waals surface area (Å²) >= 11 is 0. The van der Waals surface area contributed by atoms with Crippen molar-refractivity contribution in [3.8, 4) is 0 Å². The summed E-state index contributed by atoms with van der Waals surface area (Å²) in [6, 6.07) is 3.65. The Labute approximate surface area is 99.0 Å². The molecule has 1 aromatic heterocycles. The van der Waals surface area contributed by atoms with E-state index in [-0.39, 0.29) is 17.9 Å². The van der Waals surface area contributed by atoms with Crippen molar-refractivity contribution in [3.05, 3.63) is 18.3 Å². The first kappa shape index (κ1) is 10.3. The molecule has 2 amide bonds. The Morgan fingerprint density at radius 2 is 2.18 bits per heavy atom. The van der Waals surface area contributed by atoms with Gasteiger partial charge in [0.2, 0.25) is 11.8 Å². The molecule has 0 saturated carbocycles. The quantitative estimate of drug-likeness (QED) is 0.667. The van der Waals surface area contributed by atoms with Crippen LogP contribution in [0, 0.1) is 0 Å². The molecule has 17 heavy (non-hydrogen) atoms. The molecular weight excluding hydrogens is 218 g/mol. The van der Waals surface area contributed by atoms with E-state index >= 15 is 0 Å². The molecule has 5 heteroatoms. The zero-order valence-corrected chi connectivity index (χ0v) is 9.59. The molecule has 5 nitrogen and oxygen atoms in total. The van der Waals surface area contributed by atoms with Gasteiger partial charge in [0.1, 0.15) is 0 Å². The van der Waals surface area contributed by atoms with Crippen LogP contribution in [0.15, 0.2) is 18.3 Å². The van der Waals surface area contributed by atoms with Gasteiger partial charge < -0.3 is 4.90 Å². The highest BCUT2D eigenvalue weighted by Crippen LogP contribution is 2.37. The van der Waals surface area contributed by atoms with Crippen LogP contribution in [0.4, 0.5) is 11.5 Å². The van der Waals surface area contributed by atoms with Crippen molar-refractivity contribution in [2.75, 3.05) is 16.8 Å². The number of hydrogen-bond acceptors (Lipinski definition) is 3. The Bertz CT molecular complexity index is 500. The van der Waals surface area contributed by atoms with Crippen LogP contribution in [0.3, 0.4) is 0 Å². The zero-order chi connectivity index (χ0) is 12.0. The number of hydrogen-bond donors (Lipinski definition) is 0. The number of anilines is 2. The average molecular weight is 231 g/mol. The molecule has 0 aliphatic carbocycles. The Morgan fingerprint density at radius 3 is 3.00 bits per heavy atom. The number of amides is 2. The fourth-order valence-electron chi connectivity index (χ4n) is 2.56. The molecule has 2 aliphatic rings. The molecule has 0 N–H and O–H groups in total. The Morgan fingerprint density at radius 1 is 1.35 bits per heavy atom. The summed E-state index contributed by atoms with van der Waals surface area (Å²) in [5.74, 6) is 0.690. The third-order valence-corrected chi connectivity index (χ3v) is 3.45. The second kappa shape index (κ2) is 3.55. The number of aromatic nitrogens is 1. The molecule has 0 spiro atoms. The standard InChI is InChI=1S/C12H13N3O2/c1-14-11(17)7-8-4-5-10(16)15(8)9-3-2-6-13-12(9)14/h2-3,6,8H,4-5,7H2,1H3. The van der Waals surface area contributed by atoms with Gasteiger partial charge in [-0.2, -0.15) is 0 Å². The Balaban J connectivity index is 2.18. The Kier molecular flexibility index (Phi) is 2.14. The molecule has 0 aromatic carbocycles. The number of carbonyl (C=O) groups excluding carboxylic acids is 2. The van der Waals surface area contributed by atoms with Gasteiger partial charge in [-0.15, -0.1) is 0 Å². The minimum absolute atomic E-state index is 0.00269. The lowest BCUT2D eigenvalue weighted by atomic mass is 10.1. The lowest BCUT2D eigenvalue weighted by molar-refractivity contribution is -0.118. The maximum absolute atomic E-state index is 12.0. The predicted molar refractivity (Wildman–Crippen MR) is 62.8 cm³/mol. The van der Waals surface area contributed by atoms with Crippen molar-refractivity contribution in [1.29, 1.82) is 0 Å². The first-order valence-electron chi connectivity index (χ1n) is 5.72. The van der Waals surface area contributed by atoms with Gasteiger partial charge in [0.25, 0.3) is 0 Å². The minimum atomic E-state index is 0.00269. The third-order valence-electron chi connectivity index (χ3n) is 3.45. The molecule has 88 valence electrons. The third kappa shape index (κ3) is 1.42. The van der Waals surface area contributed by atoms with Crippen molar-refractivity contribution < 1.29 is 9.59 Å². The van der Waals surface area contributed by atoms with Gasteiger partial charge in [-0.1, -0.05) is 0 Å². The van der Waals surface area contributed by atoms with E-state index in [1.165, 1.54) is 0 Å². The summed E-state index contributed by atoms with van der Waals surface area (Å²) < 4.78 is 0. The molecule has 3 heterocycles. The second-order valence-electron chi connectivity index (χ2n) is 4.46. The lowest BCUT2D eigenvalue weighted by Crippen LogP contribution is -2.33. The molecular formula is C12H13N3O2. The number of rotatable bonds is 0.